The minimum absolute atomic E-state index is 0.510. The largest absolute Gasteiger partial charge is 0.127 e. The molecule has 4 heteroatoms. The highest BCUT2D eigenvalue weighted by molar-refractivity contribution is 14.1. The molecule has 0 aromatic rings. The van der Waals surface area contributed by atoms with E-state index in [2.05, 4.69) is 42.3 Å². The predicted octanol–water partition coefficient (Wildman–Crippen LogP) is 0.0811. The van der Waals surface area contributed by atoms with Crippen molar-refractivity contribution in [2.24, 2.45) is 0 Å². The van der Waals surface area contributed by atoms with E-state index in [0.29, 0.717) is 4.79 Å². The molecular formula is CHISi3. The van der Waals surface area contributed by atoms with E-state index < -0.39 is 0 Å². The van der Waals surface area contributed by atoms with Crippen molar-refractivity contribution >= 4 is 49.3 Å². The van der Waals surface area contributed by atoms with Crippen LogP contribution in [0.1, 0.15) is 0 Å². The van der Waals surface area contributed by atoms with Gasteiger partial charge in [-0.05, 0) is 0 Å². The molecule has 0 N–H and O–H groups in total. The molecule has 0 atom stereocenters. The number of hydrogen-bond acceptors (Lipinski definition) is 0. The molecule has 0 aliphatic rings. The first-order valence-corrected chi connectivity index (χ1v) is 6.40. The van der Waals surface area contributed by atoms with E-state index in [-0.39, 0.29) is 0 Å². The average Bonchev–Trinajstić information content (AvgIpc) is 1.38. The summed E-state index contributed by atoms with van der Waals surface area (Å²) in [5.74, 6) is 0. The number of hydrogen-bond donors (Lipinski definition) is 0. The van der Waals surface area contributed by atoms with Gasteiger partial charge in [0.25, 0.3) is 0 Å². The lowest BCUT2D eigenvalue weighted by Gasteiger charge is -1.85. The van der Waals surface area contributed by atoms with Crippen LogP contribution in [0.3, 0.4) is 0 Å². The Labute approximate surface area is 54.0 Å². The van der Waals surface area contributed by atoms with E-state index >= 15 is 0 Å². The quantitative estimate of drug-likeness (QED) is 0.336. The van der Waals surface area contributed by atoms with Gasteiger partial charge in [-0.15, -0.1) is 21.8 Å². The maximum atomic E-state index is 3.33. The predicted molar refractivity (Wildman–Crippen MR) is 35.0 cm³/mol. The van der Waals surface area contributed by atoms with Crippen LogP contribution >= 0.6 is 21.8 Å². The summed E-state index contributed by atoms with van der Waals surface area (Å²) < 4.78 is 0. The zero-order valence-corrected chi connectivity index (χ0v) is 7.61. The van der Waals surface area contributed by atoms with Crippen LogP contribution in [0.4, 0.5) is 0 Å². The van der Waals surface area contributed by atoms with Crippen LogP contribution in [0, 0.1) is 0 Å². The zero-order valence-electron chi connectivity index (χ0n) is 2.46. The van der Waals surface area contributed by atoms with Gasteiger partial charge in [0.1, 0.15) is 7.02 Å². The summed E-state index contributed by atoms with van der Waals surface area (Å²) in [4.78, 5) is 0.510. The van der Waals surface area contributed by atoms with Gasteiger partial charge >= 0.3 is 0 Å². The van der Waals surface area contributed by atoms with E-state index in [1.54, 1.807) is 0 Å². The topological polar surface area (TPSA) is 0 Å². The molecule has 0 saturated carbocycles. The Hall–Kier alpha value is 1.38. The average molecular weight is 224 g/mol. The summed E-state index contributed by atoms with van der Waals surface area (Å²) in [5.41, 5.74) is 0. The Morgan fingerprint density at radius 1 is 1.60 bits per heavy atom. The van der Waals surface area contributed by atoms with Crippen LogP contribution in [0.2, 0.25) is 4.79 Å². The van der Waals surface area contributed by atoms with Gasteiger partial charge in [-0.25, -0.2) is 0 Å². The fraction of sp³-hybridized carbons (Fsp3) is 1.00. The molecule has 0 aromatic heterocycles. The molecule has 5 heavy (non-hydrogen) atoms. The Morgan fingerprint density at radius 3 is 1.80 bits per heavy atom. The fourth-order valence-corrected chi connectivity index (χ4v) is 0. The van der Waals surface area contributed by atoms with E-state index in [0.717, 1.165) is 7.02 Å². The van der Waals surface area contributed by atoms with Crippen LogP contribution in [-0.2, 0) is 0 Å². The molecule has 0 aliphatic carbocycles. The maximum Gasteiger partial charge on any atom is 0.127 e. The Morgan fingerprint density at radius 2 is 1.80 bits per heavy atom. The van der Waals surface area contributed by atoms with Crippen LogP contribution in [0.5, 0.6) is 0 Å². The highest BCUT2D eigenvalue weighted by Gasteiger charge is 1.85. The lowest BCUT2D eigenvalue weighted by molar-refractivity contribution is 1.91. The van der Waals surface area contributed by atoms with Gasteiger partial charge in [0.15, 0.2) is 0 Å². The van der Waals surface area contributed by atoms with Crippen molar-refractivity contribution in [2.45, 2.75) is 4.79 Å². The Kier molecular flexibility index (Phi) is 4.55. The molecule has 24 valence electrons. The standard InChI is InChI=1S/CHISi3/c2-5-1(3)4/h1H. The maximum absolute atomic E-state index is 3.33. The smallest absolute Gasteiger partial charge is 0.124 e. The molecule has 0 rings (SSSR count). The van der Waals surface area contributed by atoms with E-state index in [1.807, 2.05) is 0 Å². The van der Waals surface area contributed by atoms with Gasteiger partial charge in [0, 0.05) is 20.5 Å². The molecule has 0 heterocycles. The Bertz CT molecular complexity index is 20.9. The van der Waals surface area contributed by atoms with Gasteiger partial charge in [0.05, 0.1) is 0 Å². The van der Waals surface area contributed by atoms with E-state index in [1.165, 1.54) is 0 Å². The lowest BCUT2D eigenvalue weighted by atomic mass is 11.8. The van der Waals surface area contributed by atoms with Gasteiger partial charge in [-0.2, -0.15) is 0 Å². The highest BCUT2D eigenvalue weighted by atomic mass is 127. The first-order valence-electron chi connectivity index (χ1n) is 1.06. The highest BCUT2D eigenvalue weighted by Crippen LogP contribution is 1.89. The molecular weight excluding hydrogens is 223 g/mol. The third-order valence-corrected chi connectivity index (χ3v) is 6.59. The van der Waals surface area contributed by atoms with Crippen molar-refractivity contribution in [3.05, 3.63) is 0 Å². The molecule has 0 aliphatic heterocycles. The molecule has 0 fully saturated rings. The van der Waals surface area contributed by atoms with Crippen LogP contribution in [0.25, 0.3) is 0 Å². The number of halogens is 1. The lowest BCUT2D eigenvalue weighted by Crippen LogP contribution is -1.92. The summed E-state index contributed by atoms with van der Waals surface area (Å²) >= 11 is 2.31. The normalized spacial score (nSPS) is 9.60. The second-order valence-corrected chi connectivity index (χ2v) is 6.09. The number of rotatable bonds is 1. The van der Waals surface area contributed by atoms with Crippen LogP contribution in [0.15, 0.2) is 0 Å². The fourth-order valence-electron chi connectivity index (χ4n) is 0. The summed E-state index contributed by atoms with van der Waals surface area (Å²) in [5, 5.41) is 0. The van der Waals surface area contributed by atoms with Crippen molar-refractivity contribution in [2.75, 3.05) is 0 Å². The van der Waals surface area contributed by atoms with Crippen LogP contribution in [-0.4, -0.2) is 27.5 Å². The first kappa shape index (κ1) is 6.38. The molecule has 0 nitrogen and oxygen atoms in total. The van der Waals surface area contributed by atoms with Crippen molar-refractivity contribution in [1.29, 1.82) is 0 Å². The summed E-state index contributed by atoms with van der Waals surface area (Å²) in [6.07, 6.45) is 0. The second-order valence-electron chi connectivity index (χ2n) is 0.542. The molecule has 0 amide bonds. The molecule has 0 spiro atoms. The summed E-state index contributed by atoms with van der Waals surface area (Å²) in [7, 11) is 7.58. The van der Waals surface area contributed by atoms with Crippen molar-refractivity contribution in [3.63, 3.8) is 0 Å². The van der Waals surface area contributed by atoms with Gasteiger partial charge in [0.2, 0.25) is 0 Å². The van der Waals surface area contributed by atoms with E-state index in [9.17, 15) is 0 Å². The second kappa shape index (κ2) is 3.57. The van der Waals surface area contributed by atoms with Crippen molar-refractivity contribution in [1.82, 2.24) is 0 Å². The van der Waals surface area contributed by atoms with Gasteiger partial charge in [-0.3, -0.25) is 0 Å². The van der Waals surface area contributed by atoms with Crippen LogP contribution < -0.4 is 0 Å². The molecule has 0 saturated heterocycles. The third kappa shape index (κ3) is 5.38. The summed E-state index contributed by atoms with van der Waals surface area (Å²) in [6.45, 7) is 0. The van der Waals surface area contributed by atoms with Gasteiger partial charge < -0.3 is 0 Å². The third-order valence-electron chi connectivity index (χ3n) is 0.109. The van der Waals surface area contributed by atoms with Crippen molar-refractivity contribution in [3.8, 4) is 0 Å². The summed E-state index contributed by atoms with van der Waals surface area (Å²) in [6, 6.07) is 0. The first-order chi connectivity index (χ1) is 2.27. The van der Waals surface area contributed by atoms with Crippen molar-refractivity contribution < 1.29 is 0 Å². The minimum atomic E-state index is 0.510. The molecule has 8 radical (unpaired) electrons. The molecule has 0 bridgehead atoms. The molecule has 0 unspecified atom stereocenters. The minimum Gasteiger partial charge on any atom is -0.124 e. The van der Waals surface area contributed by atoms with E-state index in [4.69, 9.17) is 0 Å². The van der Waals surface area contributed by atoms with Gasteiger partial charge in [-0.1, -0.05) is 4.79 Å². The molecule has 0 aromatic carbocycles. The Balaban J connectivity index is 2.54. The zero-order chi connectivity index (χ0) is 4.28. The SMILES string of the molecule is [Si]C([Si])[Si]I. The monoisotopic (exact) mass is 224 g/mol.